The molecule has 3 aromatic rings. The number of hydrogen-bond donors (Lipinski definition) is 0. The molecule has 4 nitrogen and oxygen atoms in total. The Balaban J connectivity index is 1.85. The lowest BCUT2D eigenvalue weighted by Crippen LogP contribution is -2.29. The third kappa shape index (κ3) is 6.34. The molecule has 2 atom stereocenters. The normalized spacial score (nSPS) is 13.0. The van der Waals surface area contributed by atoms with E-state index in [9.17, 15) is 27.6 Å². The second-order valence-corrected chi connectivity index (χ2v) is 9.01. The van der Waals surface area contributed by atoms with Gasteiger partial charge < -0.3 is 9.47 Å². The van der Waals surface area contributed by atoms with Crippen molar-refractivity contribution in [2.24, 2.45) is 0 Å². The predicted molar refractivity (Wildman–Crippen MR) is 128 cm³/mol. The molecule has 188 valence electrons. The van der Waals surface area contributed by atoms with Crippen molar-refractivity contribution in [2.75, 3.05) is 0 Å². The smallest absolute Gasteiger partial charge is 0.416 e. The first-order valence-corrected chi connectivity index (χ1v) is 11.4. The van der Waals surface area contributed by atoms with E-state index in [0.29, 0.717) is 11.1 Å². The van der Waals surface area contributed by atoms with Crippen LogP contribution in [0.25, 0.3) is 0 Å². The van der Waals surface area contributed by atoms with Gasteiger partial charge in [-0.25, -0.2) is 4.39 Å². The molecule has 0 aliphatic heterocycles. The summed E-state index contributed by atoms with van der Waals surface area (Å²) in [5, 5.41) is 9.34. The Morgan fingerprint density at radius 2 is 1.58 bits per heavy atom. The maximum atomic E-state index is 14.5. The molecule has 0 bridgehead atoms. The number of carbonyl (C=O) groups is 1. The van der Waals surface area contributed by atoms with Crippen LogP contribution >= 0.6 is 46.4 Å². The molecule has 0 radical (unpaired) electrons. The van der Waals surface area contributed by atoms with Crippen LogP contribution in [-0.2, 0) is 11.0 Å². The number of ketones is 1. The number of hydrogen-bond acceptors (Lipinski definition) is 4. The molecule has 0 saturated heterocycles. The monoisotopic (exact) mass is 579 g/mol. The van der Waals surface area contributed by atoms with Crippen LogP contribution in [0.15, 0.2) is 48.5 Å². The van der Waals surface area contributed by atoms with Crippen molar-refractivity contribution in [3.8, 4) is 23.3 Å². The van der Waals surface area contributed by atoms with Gasteiger partial charge in [-0.05, 0) is 42.8 Å². The first-order chi connectivity index (χ1) is 16.8. The van der Waals surface area contributed by atoms with E-state index in [4.69, 9.17) is 55.9 Å². The maximum absolute atomic E-state index is 14.5. The number of nitriles is 1. The third-order valence-corrected chi connectivity index (χ3v) is 6.01. The van der Waals surface area contributed by atoms with E-state index in [1.165, 1.54) is 25.1 Å². The van der Waals surface area contributed by atoms with Crippen LogP contribution in [0.3, 0.4) is 0 Å². The zero-order valence-electron chi connectivity index (χ0n) is 18.0. The molecule has 0 saturated carbocycles. The lowest BCUT2D eigenvalue weighted by atomic mass is 9.93. The highest BCUT2D eigenvalue weighted by atomic mass is 35.5. The van der Waals surface area contributed by atoms with Gasteiger partial charge >= 0.3 is 6.18 Å². The summed E-state index contributed by atoms with van der Waals surface area (Å²) in [6, 6.07) is 10.3. The predicted octanol–water partition coefficient (Wildman–Crippen LogP) is 8.89. The lowest BCUT2D eigenvalue weighted by molar-refractivity contribution is -0.137. The SMILES string of the molecule is CC(Oc1cc(Oc2ccc(C(F)(F)F)cc2Cl)c(F)cc1Cl)C(=O)C(C#N)c1ccc(Cl)cc1Cl. The van der Waals surface area contributed by atoms with Crippen LogP contribution in [0.1, 0.15) is 24.0 Å². The lowest BCUT2D eigenvalue weighted by Gasteiger charge is -2.19. The van der Waals surface area contributed by atoms with Crippen LogP contribution in [0.5, 0.6) is 17.2 Å². The number of nitrogens with zero attached hydrogens (tertiary/aromatic N) is 1. The minimum absolute atomic E-state index is 0.110. The van der Waals surface area contributed by atoms with E-state index in [-0.39, 0.29) is 27.1 Å². The number of rotatable bonds is 7. The van der Waals surface area contributed by atoms with Crippen molar-refractivity contribution in [1.29, 1.82) is 5.26 Å². The third-order valence-electron chi connectivity index (χ3n) is 4.86. The number of benzene rings is 3. The van der Waals surface area contributed by atoms with Crippen LogP contribution in [0, 0.1) is 17.1 Å². The average Bonchev–Trinajstić information content (AvgIpc) is 2.79. The summed E-state index contributed by atoms with van der Waals surface area (Å²) in [5.74, 6) is -3.86. The fraction of sp³-hybridized carbons (Fsp3) is 0.167. The van der Waals surface area contributed by atoms with Crippen molar-refractivity contribution < 1.29 is 31.8 Å². The molecule has 36 heavy (non-hydrogen) atoms. The molecule has 0 N–H and O–H groups in total. The maximum Gasteiger partial charge on any atom is 0.416 e. The van der Waals surface area contributed by atoms with Crippen molar-refractivity contribution in [3.63, 3.8) is 0 Å². The molecular formula is C24H13Cl4F4NO3. The van der Waals surface area contributed by atoms with E-state index in [1.54, 1.807) is 0 Å². The van der Waals surface area contributed by atoms with Crippen molar-refractivity contribution >= 4 is 52.2 Å². The largest absolute Gasteiger partial charge is 0.481 e. The molecule has 0 amide bonds. The summed E-state index contributed by atoms with van der Waals surface area (Å²) in [4.78, 5) is 12.9. The molecule has 0 aliphatic carbocycles. The van der Waals surface area contributed by atoms with E-state index in [1.807, 2.05) is 6.07 Å². The topological polar surface area (TPSA) is 59.3 Å². The summed E-state index contributed by atoms with van der Waals surface area (Å²) in [6.45, 7) is 1.35. The molecule has 0 fully saturated rings. The van der Waals surface area contributed by atoms with Gasteiger partial charge in [-0.15, -0.1) is 0 Å². The highest BCUT2D eigenvalue weighted by Crippen LogP contribution is 2.40. The van der Waals surface area contributed by atoms with E-state index in [0.717, 1.165) is 24.3 Å². The Morgan fingerprint density at radius 1 is 0.917 bits per heavy atom. The summed E-state index contributed by atoms with van der Waals surface area (Å²) in [7, 11) is 0. The van der Waals surface area contributed by atoms with E-state index < -0.39 is 46.1 Å². The van der Waals surface area contributed by atoms with E-state index >= 15 is 0 Å². The molecule has 3 aromatic carbocycles. The highest BCUT2D eigenvalue weighted by Gasteiger charge is 2.32. The summed E-state index contributed by atoms with van der Waals surface area (Å²) >= 11 is 23.9. The number of carbonyl (C=O) groups excluding carboxylic acids is 1. The fourth-order valence-electron chi connectivity index (χ4n) is 3.06. The van der Waals surface area contributed by atoms with Gasteiger partial charge in [-0.2, -0.15) is 18.4 Å². The highest BCUT2D eigenvalue weighted by molar-refractivity contribution is 6.35. The Kier molecular flexibility index (Phi) is 8.63. The van der Waals surface area contributed by atoms with Gasteiger partial charge in [0.1, 0.15) is 17.4 Å². The van der Waals surface area contributed by atoms with Crippen LogP contribution in [-0.4, -0.2) is 11.9 Å². The zero-order valence-corrected chi connectivity index (χ0v) is 21.0. The van der Waals surface area contributed by atoms with Crippen LogP contribution < -0.4 is 9.47 Å². The molecule has 2 unspecified atom stereocenters. The first-order valence-electron chi connectivity index (χ1n) is 9.90. The molecular weight excluding hydrogens is 568 g/mol. The van der Waals surface area contributed by atoms with Gasteiger partial charge in [0, 0.05) is 22.2 Å². The van der Waals surface area contributed by atoms with Gasteiger partial charge in [-0.1, -0.05) is 52.5 Å². The second kappa shape index (κ2) is 11.1. The molecule has 0 aromatic heterocycles. The molecule has 0 spiro atoms. The van der Waals surface area contributed by atoms with Crippen molar-refractivity contribution in [1.82, 2.24) is 0 Å². The van der Waals surface area contributed by atoms with Gasteiger partial charge in [0.25, 0.3) is 0 Å². The fourth-order valence-corrected chi connectivity index (χ4v) is 3.99. The Morgan fingerprint density at radius 3 is 2.17 bits per heavy atom. The first kappa shape index (κ1) is 27.9. The molecule has 3 rings (SSSR count). The summed E-state index contributed by atoms with van der Waals surface area (Å²) < 4.78 is 63.9. The summed E-state index contributed by atoms with van der Waals surface area (Å²) in [5.41, 5.74) is -0.796. The molecule has 0 aliphatic rings. The Labute approximate surface area is 222 Å². The van der Waals surface area contributed by atoms with Crippen molar-refractivity contribution in [3.05, 3.63) is 85.6 Å². The summed E-state index contributed by atoms with van der Waals surface area (Å²) in [6.07, 6.45) is -5.87. The van der Waals surface area contributed by atoms with Gasteiger partial charge in [-0.3, -0.25) is 4.79 Å². The van der Waals surface area contributed by atoms with Crippen molar-refractivity contribution in [2.45, 2.75) is 25.1 Å². The van der Waals surface area contributed by atoms with Gasteiger partial charge in [0.15, 0.2) is 23.5 Å². The molecule has 0 heterocycles. The quantitative estimate of drug-likeness (QED) is 0.262. The zero-order chi connectivity index (χ0) is 26.8. The molecule has 12 heteroatoms. The number of Topliss-reactive ketones (excluding diaryl/α,β-unsaturated/α-hetero) is 1. The van der Waals surface area contributed by atoms with Gasteiger partial charge in [0.05, 0.1) is 21.7 Å². The Bertz CT molecular complexity index is 1360. The number of alkyl halides is 3. The van der Waals surface area contributed by atoms with Gasteiger partial charge in [0.2, 0.25) is 0 Å². The number of halogens is 8. The standard InChI is InChI=1S/C24H13Cl4F4NO3/c1-11(23(34)15(10-33)14-4-3-13(25)7-16(14)26)35-21-9-22(19(29)8-18(21)28)36-20-5-2-12(6-17(20)27)24(30,31)32/h2-9,11,15H,1H3. The second-order valence-electron chi connectivity index (χ2n) is 7.35. The minimum atomic E-state index is -4.63. The van der Waals surface area contributed by atoms with Crippen LogP contribution in [0.2, 0.25) is 20.1 Å². The average molecular weight is 581 g/mol. The van der Waals surface area contributed by atoms with E-state index in [2.05, 4.69) is 0 Å². The number of ether oxygens (including phenoxy) is 2. The van der Waals surface area contributed by atoms with Crippen LogP contribution in [0.4, 0.5) is 17.6 Å². The minimum Gasteiger partial charge on any atom is -0.481 e. The Hall–Kier alpha value is -2.70.